The lowest BCUT2D eigenvalue weighted by Crippen LogP contribution is -2.30. The van der Waals surface area contributed by atoms with Gasteiger partial charge in [-0.15, -0.1) is 0 Å². The van der Waals surface area contributed by atoms with Gasteiger partial charge in [-0.05, 0) is 73.7 Å². The zero-order chi connectivity index (χ0) is 19.8. The molecule has 2 aliphatic rings. The molecule has 2 fully saturated rings. The van der Waals surface area contributed by atoms with E-state index in [0.29, 0.717) is 27.9 Å². The van der Waals surface area contributed by atoms with Crippen molar-refractivity contribution in [3.8, 4) is 5.75 Å². The molecule has 1 aliphatic heterocycles. The molecule has 144 valence electrons. The Hall–Kier alpha value is -2.66. The van der Waals surface area contributed by atoms with Crippen LogP contribution in [0.15, 0.2) is 48.5 Å². The number of anilines is 1. The number of benzene rings is 2. The fraction of sp³-hybridized carbons (Fsp3) is 0.318. The topological polar surface area (TPSA) is 63.7 Å². The zero-order valence-corrected chi connectivity index (χ0v) is 16.2. The zero-order valence-electron chi connectivity index (χ0n) is 15.4. The van der Waals surface area contributed by atoms with Crippen LogP contribution in [0.3, 0.4) is 0 Å². The average molecular weight is 398 g/mol. The standard InChI is InChI=1S/C22H20ClNO4/c1-13-2-11-18-19(12-13)21(26)24(20(18)25)16-7-9-17(10-8-16)28-22(27)14-3-5-15(23)6-4-14/h3-10,13,18-19H,2,11-12H2,1H3/t13-,18-,19+/m0/s1. The minimum absolute atomic E-state index is 0.118. The van der Waals surface area contributed by atoms with Crippen molar-refractivity contribution in [1.82, 2.24) is 0 Å². The van der Waals surface area contributed by atoms with E-state index in [0.717, 1.165) is 19.3 Å². The minimum atomic E-state index is -0.502. The first-order valence-electron chi connectivity index (χ1n) is 9.39. The predicted octanol–water partition coefficient (Wildman–Crippen LogP) is 4.48. The first kappa shape index (κ1) is 18.7. The minimum Gasteiger partial charge on any atom is -0.423 e. The number of halogens is 1. The normalized spacial score (nSPS) is 24.2. The quantitative estimate of drug-likeness (QED) is 0.435. The molecule has 0 N–H and O–H groups in total. The molecule has 0 aromatic heterocycles. The number of nitrogens with zero attached hydrogens (tertiary/aromatic N) is 1. The van der Waals surface area contributed by atoms with E-state index < -0.39 is 5.97 Å². The number of esters is 1. The monoisotopic (exact) mass is 397 g/mol. The maximum absolute atomic E-state index is 12.8. The summed E-state index contributed by atoms with van der Waals surface area (Å²) in [7, 11) is 0. The number of carbonyl (C=O) groups excluding carboxylic acids is 3. The number of carbonyl (C=O) groups is 3. The summed E-state index contributed by atoms with van der Waals surface area (Å²) < 4.78 is 5.35. The van der Waals surface area contributed by atoms with Crippen LogP contribution in [0.5, 0.6) is 5.75 Å². The molecule has 2 aromatic rings. The summed E-state index contributed by atoms with van der Waals surface area (Å²) in [5.41, 5.74) is 0.903. The van der Waals surface area contributed by atoms with Crippen LogP contribution in [0.2, 0.25) is 5.02 Å². The van der Waals surface area contributed by atoms with E-state index in [4.69, 9.17) is 16.3 Å². The molecule has 28 heavy (non-hydrogen) atoms. The Morgan fingerprint density at radius 1 is 0.964 bits per heavy atom. The summed E-state index contributed by atoms with van der Waals surface area (Å²) in [5, 5.41) is 0.538. The van der Waals surface area contributed by atoms with Gasteiger partial charge in [0.2, 0.25) is 11.8 Å². The second-order valence-corrected chi connectivity index (χ2v) is 7.97. The third kappa shape index (κ3) is 3.42. The lowest BCUT2D eigenvalue weighted by atomic mass is 9.76. The lowest BCUT2D eigenvalue weighted by Gasteiger charge is -2.25. The van der Waals surface area contributed by atoms with E-state index in [1.807, 2.05) is 0 Å². The number of ether oxygens (including phenoxy) is 1. The fourth-order valence-corrected chi connectivity index (χ4v) is 4.19. The number of imide groups is 1. The van der Waals surface area contributed by atoms with Crippen LogP contribution in [-0.4, -0.2) is 17.8 Å². The highest BCUT2D eigenvalue weighted by Gasteiger charge is 2.49. The molecule has 0 unspecified atom stereocenters. The van der Waals surface area contributed by atoms with Crippen molar-refractivity contribution in [2.24, 2.45) is 17.8 Å². The highest BCUT2D eigenvalue weighted by atomic mass is 35.5. The Morgan fingerprint density at radius 2 is 1.61 bits per heavy atom. The van der Waals surface area contributed by atoms with Crippen LogP contribution in [0, 0.1) is 17.8 Å². The van der Waals surface area contributed by atoms with Gasteiger partial charge in [0.25, 0.3) is 0 Å². The summed E-state index contributed by atoms with van der Waals surface area (Å²) >= 11 is 5.82. The molecule has 6 heteroatoms. The van der Waals surface area contributed by atoms with E-state index >= 15 is 0 Å². The van der Waals surface area contributed by atoms with Crippen LogP contribution in [0.1, 0.15) is 36.5 Å². The van der Waals surface area contributed by atoms with Crippen molar-refractivity contribution in [2.45, 2.75) is 26.2 Å². The second-order valence-electron chi connectivity index (χ2n) is 7.53. The SMILES string of the molecule is C[C@H]1CC[C@@H]2C(=O)N(c3ccc(OC(=O)c4ccc(Cl)cc4)cc3)C(=O)[C@@H]2C1. The van der Waals surface area contributed by atoms with Gasteiger partial charge in [-0.3, -0.25) is 14.5 Å². The van der Waals surface area contributed by atoms with Crippen molar-refractivity contribution in [3.63, 3.8) is 0 Å². The Morgan fingerprint density at radius 3 is 2.29 bits per heavy atom. The van der Waals surface area contributed by atoms with Gasteiger partial charge in [0.1, 0.15) is 5.75 Å². The van der Waals surface area contributed by atoms with Crippen LogP contribution in [0.4, 0.5) is 5.69 Å². The van der Waals surface area contributed by atoms with Crippen LogP contribution >= 0.6 is 11.6 Å². The molecule has 0 bridgehead atoms. The summed E-state index contributed by atoms with van der Waals surface area (Å²) in [4.78, 5) is 39.0. The van der Waals surface area contributed by atoms with Gasteiger partial charge in [-0.25, -0.2) is 4.79 Å². The fourth-order valence-electron chi connectivity index (χ4n) is 4.06. The molecule has 4 rings (SSSR count). The largest absolute Gasteiger partial charge is 0.423 e. The molecular formula is C22H20ClNO4. The molecule has 0 spiro atoms. The van der Waals surface area contributed by atoms with E-state index in [-0.39, 0.29) is 23.7 Å². The van der Waals surface area contributed by atoms with Gasteiger partial charge < -0.3 is 4.74 Å². The second kappa shape index (κ2) is 7.40. The Labute approximate surface area is 168 Å². The molecule has 1 heterocycles. The number of amides is 2. The van der Waals surface area contributed by atoms with Crippen LogP contribution < -0.4 is 9.64 Å². The molecule has 1 saturated heterocycles. The first-order valence-corrected chi connectivity index (χ1v) is 9.77. The van der Waals surface area contributed by atoms with Gasteiger partial charge in [-0.2, -0.15) is 0 Å². The molecular weight excluding hydrogens is 378 g/mol. The van der Waals surface area contributed by atoms with E-state index in [1.165, 1.54) is 4.90 Å². The maximum atomic E-state index is 12.8. The molecule has 5 nitrogen and oxygen atoms in total. The highest BCUT2D eigenvalue weighted by molar-refractivity contribution is 6.30. The van der Waals surface area contributed by atoms with Crippen LogP contribution in [-0.2, 0) is 9.59 Å². The average Bonchev–Trinajstić information content (AvgIpc) is 2.93. The Bertz CT molecular complexity index is 923. The summed E-state index contributed by atoms with van der Waals surface area (Å²) in [6, 6.07) is 12.9. The third-order valence-corrected chi connectivity index (χ3v) is 5.83. The summed E-state index contributed by atoms with van der Waals surface area (Å²) in [6.45, 7) is 2.13. The third-order valence-electron chi connectivity index (χ3n) is 5.57. The van der Waals surface area contributed by atoms with E-state index in [2.05, 4.69) is 6.92 Å². The van der Waals surface area contributed by atoms with Gasteiger partial charge >= 0.3 is 5.97 Å². The number of hydrogen-bond acceptors (Lipinski definition) is 4. The Balaban J connectivity index is 1.49. The van der Waals surface area contributed by atoms with Gasteiger partial charge in [0.15, 0.2) is 0 Å². The smallest absolute Gasteiger partial charge is 0.343 e. The predicted molar refractivity (Wildman–Crippen MR) is 105 cm³/mol. The van der Waals surface area contributed by atoms with E-state index in [1.54, 1.807) is 48.5 Å². The highest BCUT2D eigenvalue weighted by Crippen LogP contribution is 2.42. The number of fused-ring (bicyclic) bond motifs is 1. The van der Waals surface area contributed by atoms with Gasteiger partial charge in [0, 0.05) is 5.02 Å². The molecule has 0 radical (unpaired) electrons. The van der Waals surface area contributed by atoms with Crippen molar-refractivity contribution in [3.05, 3.63) is 59.1 Å². The molecule has 2 amide bonds. The molecule has 1 aliphatic carbocycles. The first-order chi connectivity index (χ1) is 13.4. The molecule has 2 aromatic carbocycles. The van der Waals surface area contributed by atoms with Crippen molar-refractivity contribution in [2.75, 3.05) is 4.90 Å². The maximum Gasteiger partial charge on any atom is 0.343 e. The number of rotatable bonds is 3. The van der Waals surface area contributed by atoms with E-state index in [9.17, 15) is 14.4 Å². The summed E-state index contributed by atoms with van der Waals surface area (Å²) in [5.74, 6) is -0.343. The lowest BCUT2D eigenvalue weighted by molar-refractivity contribution is -0.122. The van der Waals surface area contributed by atoms with Crippen molar-refractivity contribution >= 4 is 35.1 Å². The van der Waals surface area contributed by atoms with Crippen molar-refractivity contribution in [1.29, 1.82) is 0 Å². The van der Waals surface area contributed by atoms with Crippen LogP contribution in [0.25, 0.3) is 0 Å². The number of hydrogen-bond donors (Lipinski definition) is 0. The van der Waals surface area contributed by atoms with Crippen molar-refractivity contribution < 1.29 is 19.1 Å². The molecule has 3 atom stereocenters. The molecule has 1 saturated carbocycles. The van der Waals surface area contributed by atoms with Gasteiger partial charge in [-0.1, -0.05) is 18.5 Å². The summed E-state index contributed by atoms with van der Waals surface area (Å²) in [6.07, 6.45) is 2.51. The van der Waals surface area contributed by atoms with Gasteiger partial charge in [0.05, 0.1) is 23.1 Å². The Kier molecular flexibility index (Phi) is 4.94.